The molecule has 0 unspecified atom stereocenters. The van der Waals surface area contributed by atoms with Crippen LogP contribution >= 0.6 is 0 Å². The SMILES string of the molecule is C/C=C(/C)C(=O)O[C@H]1C(C)=C2[C@H]([C@@H]1OC(=O)CCCCC)[C@@](C)(OC(C)=O)C[C@H](OC(=O)CCC)[C@@]1(O)[C@H]2O[C@@H](OCC)[C@@]1(C)O. The Bertz CT molecular complexity index is 1220. The van der Waals surface area contributed by atoms with E-state index in [2.05, 4.69) is 0 Å². The highest BCUT2D eigenvalue weighted by atomic mass is 16.7. The number of aliphatic hydroxyl groups is 2. The summed E-state index contributed by atoms with van der Waals surface area (Å²) in [6.45, 7) is 14.7. The predicted molar refractivity (Wildman–Crippen MR) is 165 cm³/mol. The van der Waals surface area contributed by atoms with E-state index in [1.54, 1.807) is 47.6 Å². The molecule has 0 amide bonds. The summed E-state index contributed by atoms with van der Waals surface area (Å²) >= 11 is 0. The fourth-order valence-electron chi connectivity index (χ4n) is 7.00. The van der Waals surface area contributed by atoms with E-state index < -0.39 is 77.3 Å². The van der Waals surface area contributed by atoms with Crippen molar-refractivity contribution in [3.05, 3.63) is 22.8 Å². The zero-order chi connectivity index (χ0) is 34.6. The first-order chi connectivity index (χ1) is 21.5. The molecule has 1 saturated heterocycles. The number of hydrogen-bond acceptors (Lipinski definition) is 12. The van der Waals surface area contributed by atoms with Gasteiger partial charge in [-0.3, -0.25) is 14.4 Å². The number of rotatable bonds is 13. The van der Waals surface area contributed by atoms with Gasteiger partial charge in [0.05, 0.1) is 5.92 Å². The molecular weight excluding hydrogens is 600 g/mol. The van der Waals surface area contributed by atoms with Gasteiger partial charge in [0, 0.05) is 38.4 Å². The molecule has 12 heteroatoms. The van der Waals surface area contributed by atoms with Crippen LogP contribution in [0.3, 0.4) is 0 Å². The van der Waals surface area contributed by atoms with Crippen LogP contribution in [0.2, 0.25) is 0 Å². The number of hydrogen-bond donors (Lipinski definition) is 2. The summed E-state index contributed by atoms with van der Waals surface area (Å²) in [5.41, 5.74) is -5.10. The molecule has 2 aliphatic carbocycles. The molecule has 1 heterocycles. The van der Waals surface area contributed by atoms with Crippen LogP contribution < -0.4 is 0 Å². The lowest BCUT2D eigenvalue weighted by atomic mass is 9.75. The van der Waals surface area contributed by atoms with Crippen molar-refractivity contribution in [2.24, 2.45) is 5.92 Å². The Hall–Kier alpha value is -2.80. The molecule has 0 radical (unpaired) electrons. The van der Waals surface area contributed by atoms with E-state index >= 15 is 0 Å². The molecule has 260 valence electrons. The first-order valence-corrected chi connectivity index (χ1v) is 16.4. The lowest BCUT2D eigenvalue weighted by Crippen LogP contribution is -2.65. The number of esters is 4. The van der Waals surface area contributed by atoms with Gasteiger partial charge in [-0.15, -0.1) is 0 Å². The molecule has 1 saturated carbocycles. The fourth-order valence-corrected chi connectivity index (χ4v) is 7.00. The Morgan fingerprint density at radius 3 is 2.17 bits per heavy atom. The maximum Gasteiger partial charge on any atom is 0.334 e. The van der Waals surface area contributed by atoms with E-state index in [-0.39, 0.29) is 25.9 Å². The Balaban J connectivity index is 2.32. The molecule has 9 atom stereocenters. The quantitative estimate of drug-likeness (QED) is 0.0968. The Morgan fingerprint density at radius 1 is 0.957 bits per heavy atom. The standard InChI is InChI=1S/C34H52O12/c1-10-14-15-17-24(37)43-28-26-25(20(6)27(28)44-30(38)19(5)12-3)29-34(40,33(9,39)31(45-29)41-13-4)22(42-23(36)16-11-2)18-32(26,8)46-21(7)35/h12,22,26-29,31,39-40H,10-11,13-18H2,1-9H3/b19-12-/t22-,26+,27-,28-,29-,31+,32-,33+,34+/m0/s1. The van der Waals surface area contributed by atoms with Crippen LogP contribution in [-0.4, -0.2) is 88.2 Å². The van der Waals surface area contributed by atoms with Gasteiger partial charge in [-0.05, 0) is 65.5 Å². The summed E-state index contributed by atoms with van der Waals surface area (Å²) in [7, 11) is 0. The largest absolute Gasteiger partial charge is 0.459 e. The molecule has 3 aliphatic rings. The molecule has 0 spiro atoms. The number of unbranched alkanes of at least 4 members (excludes halogenated alkanes) is 2. The maximum absolute atomic E-state index is 13.3. The van der Waals surface area contributed by atoms with E-state index in [1.165, 1.54) is 13.8 Å². The topological polar surface area (TPSA) is 164 Å². The van der Waals surface area contributed by atoms with Crippen molar-refractivity contribution in [3.63, 3.8) is 0 Å². The van der Waals surface area contributed by atoms with Crippen molar-refractivity contribution in [1.29, 1.82) is 0 Å². The average molecular weight is 653 g/mol. The zero-order valence-electron chi connectivity index (χ0n) is 28.7. The highest BCUT2D eigenvalue weighted by molar-refractivity contribution is 5.88. The Morgan fingerprint density at radius 2 is 1.61 bits per heavy atom. The van der Waals surface area contributed by atoms with Crippen LogP contribution in [0.4, 0.5) is 0 Å². The highest BCUT2D eigenvalue weighted by Gasteiger charge is 2.75. The lowest BCUT2D eigenvalue weighted by Gasteiger charge is -2.43. The monoisotopic (exact) mass is 652 g/mol. The normalized spacial score (nSPS) is 35.6. The molecule has 0 aromatic rings. The summed E-state index contributed by atoms with van der Waals surface area (Å²) in [4.78, 5) is 52.1. The van der Waals surface area contributed by atoms with Crippen LogP contribution in [0.25, 0.3) is 0 Å². The second-order valence-corrected chi connectivity index (χ2v) is 12.9. The van der Waals surface area contributed by atoms with Crippen LogP contribution in [0, 0.1) is 5.92 Å². The van der Waals surface area contributed by atoms with Crippen molar-refractivity contribution in [3.8, 4) is 0 Å². The van der Waals surface area contributed by atoms with Gasteiger partial charge in [0.2, 0.25) is 0 Å². The minimum absolute atomic E-state index is 0.0326. The van der Waals surface area contributed by atoms with Gasteiger partial charge in [0.1, 0.15) is 23.4 Å². The lowest BCUT2D eigenvalue weighted by molar-refractivity contribution is -0.236. The van der Waals surface area contributed by atoms with E-state index in [0.717, 1.165) is 12.8 Å². The maximum atomic E-state index is 13.3. The molecule has 0 bridgehead atoms. The third kappa shape index (κ3) is 7.05. The van der Waals surface area contributed by atoms with Gasteiger partial charge < -0.3 is 38.6 Å². The van der Waals surface area contributed by atoms with Gasteiger partial charge in [-0.1, -0.05) is 32.8 Å². The van der Waals surface area contributed by atoms with Crippen molar-refractivity contribution in [2.75, 3.05) is 6.61 Å². The van der Waals surface area contributed by atoms with Crippen LogP contribution in [-0.2, 0) is 47.6 Å². The zero-order valence-corrected chi connectivity index (χ0v) is 28.7. The van der Waals surface area contributed by atoms with Crippen molar-refractivity contribution < 1.29 is 57.8 Å². The van der Waals surface area contributed by atoms with Gasteiger partial charge in [-0.25, -0.2) is 4.79 Å². The molecular formula is C34H52O12. The summed E-state index contributed by atoms with van der Waals surface area (Å²) in [6, 6.07) is 0. The number of fused-ring (bicyclic) bond motifs is 3. The Labute approximate surface area is 271 Å². The molecule has 46 heavy (non-hydrogen) atoms. The number of carbonyl (C=O) groups excluding carboxylic acids is 4. The van der Waals surface area contributed by atoms with Crippen LogP contribution in [0.1, 0.15) is 107 Å². The summed E-state index contributed by atoms with van der Waals surface area (Å²) in [6.07, 6.45) is -2.46. The second-order valence-electron chi connectivity index (χ2n) is 12.9. The number of carbonyl (C=O) groups is 4. The molecule has 12 nitrogen and oxygen atoms in total. The van der Waals surface area contributed by atoms with E-state index in [4.69, 9.17) is 28.4 Å². The molecule has 0 aromatic carbocycles. The molecule has 1 aliphatic heterocycles. The molecule has 2 fully saturated rings. The Kier molecular flexibility index (Phi) is 12.2. The second kappa shape index (κ2) is 15.0. The molecule has 3 rings (SSSR count). The van der Waals surface area contributed by atoms with Gasteiger partial charge in [0.15, 0.2) is 24.1 Å². The molecule has 0 aromatic heterocycles. The van der Waals surface area contributed by atoms with Crippen molar-refractivity contribution >= 4 is 23.9 Å². The first kappa shape index (κ1) is 37.7. The van der Waals surface area contributed by atoms with Gasteiger partial charge in [-0.2, -0.15) is 0 Å². The van der Waals surface area contributed by atoms with Gasteiger partial charge in [0.25, 0.3) is 0 Å². The van der Waals surface area contributed by atoms with E-state index in [9.17, 15) is 29.4 Å². The van der Waals surface area contributed by atoms with Crippen LogP contribution in [0.5, 0.6) is 0 Å². The van der Waals surface area contributed by atoms with Crippen LogP contribution in [0.15, 0.2) is 22.8 Å². The summed E-state index contributed by atoms with van der Waals surface area (Å²) < 4.78 is 36.0. The highest BCUT2D eigenvalue weighted by Crippen LogP contribution is 2.58. The predicted octanol–water partition coefficient (Wildman–Crippen LogP) is 3.98. The summed E-state index contributed by atoms with van der Waals surface area (Å²) in [5.74, 6) is -3.56. The van der Waals surface area contributed by atoms with E-state index in [0.29, 0.717) is 29.6 Å². The number of ether oxygens (including phenoxy) is 6. The smallest absolute Gasteiger partial charge is 0.334 e. The van der Waals surface area contributed by atoms with Crippen molar-refractivity contribution in [1.82, 2.24) is 0 Å². The fraction of sp³-hybridized carbons (Fsp3) is 0.765. The number of allylic oxidation sites excluding steroid dienone is 1. The molecule has 2 N–H and O–H groups in total. The first-order valence-electron chi connectivity index (χ1n) is 16.4. The minimum Gasteiger partial charge on any atom is -0.459 e. The van der Waals surface area contributed by atoms with Gasteiger partial charge >= 0.3 is 23.9 Å². The third-order valence-electron chi connectivity index (χ3n) is 9.46. The summed E-state index contributed by atoms with van der Waals surface area (Å²) in [5, 5.41) is 24.7. The third-order valence-corrected chi connectivity index (χ3v) is 9.46. The van der Waals surface area contributed by atoms with E-state index in [1.807, 2.05) is 6.92 Å². The average Bonchev–Trinajstić information content (AvgIpc) is 3.31. The minimum atomic E-state index is -2.34. The van der Waals surface area contributed by atoms with Crippen molar-refractivity contribution in [2.45, 2.75) is 155 Å².